The summed E-state index contributed by atoms with van der Waals surface area (Å²) in [4.78, 5) is 13.4. The molecule has 0 aliphatic carbocycles. The van der Waals surface area contributed by atoms with Gasteiger partial charge in [0.05, 0.1) is 7.11 Å². The minimum atomic E-state index is -0.436. The lowest BCUT2D eigenvalue weighted by molar-refractivity contribution is -0.154. The first-order valence-corrected chi connectivity index (χ1v) is 4.31. The van der Waals surface area contributed by atoms with E-state index in [9.17, 15) is 4.79 Å². The molecule has 0 saturated carbocycles. The zero-order valence-corrected chi connectivity index (χ0v) is 8.68. The smallest absolute Gasteiger partial charge is 0.326 e. The maximum Gasteiger partial charge on any atom is 0.326 e. The highest BCUT2D eigenvalue weighted by Crippen LogP contribution is 2.22. The summed E-state index contributed by atoms with van der Waals surface area (Å²) in [7, 11) is 5.25. The number of ether oxygens (including phenoxy) is 1. The van der Waals surface area contributed by atoms with Gasteiger partial charge in [0.2, 0.25) is 0 Å². The first-order valence-electron chi connectivity index (χ1n) is 4.31. The Labute approximate surface area is 74.7 Å². The van der Waals surface area contributed by atoms with Crippen molar-refractivity contribution in [3.63, 3.8) is 0 Å². The van der Waals surface area contributed by atoms with E-state index in [1.807, 2.05) is 32.8 Å². The van der Waals surface area contributed by atoms with Crippen molar-refractivity contribution >= 4 is 5.97 Å². The van der Waals surface area contributed by atoms with Crippen LogP contribution in [-0.2, 0) is 9.53 Å². The Morgan fingerprint density at radius 1 is 1.33 bits per heavy atom. The Morgan fingerprint density at radius 2 is 1.75 bits per heavy atom. The van der Waals surface area contributed by atoms with E-state index in [2.05, 4.69) is 0 Å². The summed E-state index contributed by atoms with van der Waals surface area (Å²) >= 11 is 0. The molecule has 0 amide bonds. The summed E-state index contributed by atoms with van der Waals surface area (Å²) in [5.74, 6) is -0.141. The van der Waals surface area contributed by atoms with E-state index in [4.69, 9.17) is 4.74 Å². The standard InChI is InChI=1S/C9H19NO2/c1-6-9(7-2,10(3)4)8(11)12-5/h6-7H2,1-5H3. The number of hydrogen-bond acceptors (Lipinski definition) is 3. The fraction of sp³-hybridized carbons (Fsp3) is 0.889. The molecule has 0 heterocycles. The third-order valence-corrected chi connectivity index (χ3v) is 2.59. The van der Waals surface area contributed by atoms with Crippen LogP contribution in [0.5, 0.6) is 0 Å². The van der Waals surface area contributed by atoms with Gasteiger partial charge in [0.15, 0.2) is 0 Å². The van der Waals surface area contributed by atoms with Crippen LogP contribution in [0.15, 0.2) is 0 Å². The van der Waals surface area contributed by atoms with Crippen LogP contribution >= 0.6 is 0 Å². The lowest BCUT2D eigenvalue weighted by Gasteiger charge is -2.35. The molecule has 0 aliphatic heterocycles. The number of carbonyl (C=O) groups is 1. The zero-order valence-electron chi connectivity index (χ0n) is 8.68. The summed E-state index contributed by atoms with van der Waals surface area (Å²) in [5.41, 5.74) is -0.436. The summed E-state index contributed by atoms with van der Waals surface area (Å²) in [6.07, 6.45) is 1.56. The second-order valence-electron chi connectivity index (χ2n) is 3.12. The minimum Gasteiger partial charge on any atom is -0.468 e. The molecule has 3 nitrogen and oxygen atoms in total. The third kappa shape index (κ3) is 1.78. The van der Waals surface area contributed by atoms with Crippen molar-refractivity contribution in [2.45, 2.75) is 32.2 Å². The predicted octanol–water partition coefficient (Wildman–Crippen LogP) is 1.28. The van der Waals surface area contributed by atoms with Crippen molar-refractivity contribution in [2.24, 2.45) is 0 Å². The molecule has 0 aliphatic rings. The molecule has 0 aromatic carbocycles. The van der Waals surface area contributed by atoms with Crippen molar-refractivity contribution in [2.75, 3.05) is 21.2 Å². The molecular formula is C9H19NO2. The molecule has 0 radical (unpaired) electrons. The number of methoxy groups -OCH3 is 1. The van der Waals surface area contributed by atoms with Crippen molar-refractivity contribution in [1.82, 2.24) is 4.90 Å². The molecule has 0 rings (SSSR count). The normalized spacial score (nSPS) is 11.8. The third-order valence-electron chi connectivity index (χ3n) is 2.59. The Hall–Kier alpha value is -0.570. The maximum absolute atomic E-state index is 11.5. The SMILES string of the molecule is CCC(CC)(C(=O)OC)N(C)C. The number of carbonyl (C=O) groups excluding carboxylic acids is 1. The zero-order chi connectivity index (χ0) is 9.78. The Kier molecular flexibility index (Phi) is 4.24. The van der Waals surface area contributed by atoms with Crippen molar-refractivity contribution in [3.05, 3.63) is 0 Å². The first-order chi connectivity index (χ1) is 5.55. The van der Waals surface area contributed by atoms with Crippen LogP contribution in [0.4, 0.5) is 0 Å². The van der Waals surface area contributed by atoms with Crippen LogP contribution in [0, 0.1) is 0 Å². The van der Waals surface area contributed by atoms with Crippen molar-refractivity contribution < 1.29 is 9.53 Å². The van der Waals surface area contributed by atoms with E-state index < -0.39 is 5.54 Å². The second-order valence-corrected chi connectivity index (χ2v) is 3.12. The van der Waals surface area contributed by atoms with Gasteiger partial charge >= 0.3 is 5.97 Å². The topological polar surface area (TPSA) is 29.5 Å². The molecule has 0 spiro atoms. The molecule has 0 bridgehead atoms. The van der Waals surface area contributed by atoms with Crippen molar-refractivity contribution in [1.29, 1.82) is 0 Å². The monoisotopic (exact) mass is 173 g/mol. The molecule has 0 atom stereocenters. The predicted molar refractivity (Wildman–Crippen MR) is 49.0 cm³/mol. The van der Waals surface area contributed by atoms with E-state index in [0.717, 1.165) is 12.8 Å². The van der Waals surface area contributed by atoms with E-state index in [1.165, 1.54) is 7.11 Å². The molecular weight excluding hydrogens is 154 g/mol. The van der Waals surface area contributed by atoms with Gasteiger partial charge in [-0.15, -0.1) is 0 Å². The van der Waals surface area contributed by atoms with Crippen LogP contribution in [0.3, 0.4) is 0 Å². The van der Waals surface area contributed by atoms with Crippen LogP contribution in [0.1, 0.15) is 26.7 Å². The molecule has 0 N–H and O–H groups in total. The number of hydrogen-bond donors (Lipinski definition) is 0. The van der Waals surface area contributed by atoms with Crippen LogP contribution in [0.2, 0.25) is 0 Å². The average Bonchev–Trinajstić information content (AvgIpc) is 2.06. The number of esters is 1. The summed E-state index contributed by atoms with van der Waals surface area (Å²) in [5, 5.41) is 0. The van der Waals surface area contributed by atoms with Crippen molar-refractivity contribution in [3.8, 4) is 0 Å². The highest BCUT2D eigenvalue weighted by molar-refractivity contribution is 5.80. The van der Waals surface area contributed by atoms with E-state index >= 15 is 0 Å². The molecule has 0 aromatic heterocycles. The first kappa shape index (κ1) is 11.4. The summed E-state index contributed by atoms with van der Waals surface area (Å²) in [6, 6.07) is 0. The van der Waals surface area contributed by atoms with Crippen LogP contribution < -0.4 is 0 Å². The number of rotatable bonds is 4. The quantitative estimate of drug-likeness (QED) is 0.600. The average molecular weight is 173 g/mol. The van der Waals surface area contributed by atoms with E-state index in [0.29, 0.717) is 0 Å². The van der Waals surface area contributed by atoms with Gasteiger partial charge in [0.25, 0.3) is 0 Å². The lowest BCUT2D eigenvalue weighted by atomic mass is 9.91. The Bertz CT molecular complexity index is 151. The summed E-state index contributed by atoms with van der Waals surface area (Å²) in [6.45, 7) is 4.00. The van der Waals surface area contributed by atoms with Gasteiger partial charge in [-0.05, 0) is 26.9 Å². The fourth-order valence-electron chi connectivity index (χ4n) is 1.54. The largest absolute Gasteiger partial charge is 0.468 e. The highest BCUT2D eigenvalue weighted by Gasteiger charge is 2.38. The van der Waals surface area contributed by atoms with Crippen LogP contribution in [0.25, 0.3) is 0 Å². The number of likely N-dealkylation sites (N-methyl/N-ethyl adjacent to an activating group) is 1. The van der Waals surface area contributed by atoms with Gasteiger partial charge in [-0.3, -0.25) is 9.69 Å². The Balaban J connectivity index is 4.69. The summed E-state index contributed by atoms with van der Waals surface area (Å²) < 4.78 is 4.78. The maximum atomic E-state index is 11.5. The molecule has 72 valence electrons. The van der Waals surface area contributed by atoms with Crippen LogP contribution in [-0.4, -0.2) is 37.6 Å². The molecule has 3 heteroatoms. The molecule has 0 saturated heterocycles. The van der Waals surface area contributed by atoms with Gasteiger partial charge in [0, 0.05) is 0 Å². The molecule has 0 fully saturated rings. The van der Waals surface area contributed by atoms with E-state index in [1.54, 1.807) is 0 Å². The van der Waals surface area contributed by atoms with E-state index in [-0.39, 0.29) is 5.97 Å². The fourth-order valence-corrected chi connectivity index (χ4v) is 1.54. The van der Waals surface area contributed by atoms with Gasteiger partial charge in [-0.2, -0.15) is 0 Å². The molecule has 0 aromatic rings. The van der Waals surface area contributed by atoms with Gasteiger partial charge in [-0.25, -0.2) is 0 Å². The number of nitrogens with zero attached hydrogens (tertiary/aromatic N) is 1. The minimum absolute atomic E-state index is 0.141. The second kappa shape index (κ2) is 4.45. The molecule has 12 heavy (non-hydrogen) atoms. The molecule has 0 unspecified atom stereocenters. The Morgan fingerprint density at radius 3 is 1.83 bits per heavy atom. The lowest BCUT2D eigenvalue weighted by Crippen LogP contribution is -2.50. The van der Waals surface area contributed by atoms with Gasteiger partial charge < -0.3 is 4.74 Å². The van der Waals surface area contributed by atoms with Gasteiger partial charge in [0.1, 0.15) is 5.54 Å². The highest BCUT2D eigenvalue weighted by atomic mass is 16.5. The van der Waals surface area contributed by atoms with Gasteiger partial charge in [-0.1, -0.05) is 13.8 Å².